The Morgan fingerprint density at radius 1 is 1.15 bits per heavy atom. The molecule has 0 spiro atoms. The summed E-state index contributed by atoms with van der Waals surface area (Å²) in [6, 6.07) is 3.97. The van der Waals surface area contributed by atoms with E-state index in [1.807, 2.05) is 32.9 Å². The number of hydrogen-bond donors (Lipinski definition) is 3. The molecule has 34 heavy (non-hydrogen) atoms. The van der Waals surface area contributed by atoms with E-state index in [-0.39, 0.29) is 11.8 Å². The number of nitrogens with zero attached hydrogens (tertiary/aromatic N) is 2. The number of pyridine rings is 1. The molecule has 0 saturated carbocycles. The van der Waals surface area contributed by atoms with Gasteiger partial charge in [0, 0.05) is 30.0 Å². The Bertz CT molecular complexity index is 1090. The molecule has 8 nitrogen and oxygen atoms in total. The number of benzene rings is 1. The molecule has 0 fully saturated rings. The molecule has 0 aliphatic carbocycles. The first-order valence-corrected chi connectivity index (χ1v) is 12.5. The van der Waals surface area contributed by atoms with Crippen molar-refractivity contribution < 1.29 is 14.3 Å². The van der Waals surface area contributed by atoms with Crippen LogP contribution in [-0.2, 0) is 22.6 Å². The SMILES string of the molecule is CCCc1c(OCCCCCCNC(=O)C(C)C)ccc2nc(N)c3[nH]c(COCC)nc3c12. The summed E-state index contributed by atoms with van der Waals surface area (Å²) < 4.78 is 11.8. The maximum atomic E-state index is 11.6. The number of nitrogen functional groups attached to an aromatic ring is 1. The first-order chi connectivity index (χ1) is 16.5. The molecule has 0 bridgehead atoms. The zero-order valence-corrected chi connectivity index (χ0v) is 21.0. The number of ether oxygens (including phenoxy) is 2. The fourth-order valence-electron chi connectivity index (χ4n) is 4.03. The molecular formula is C26H39N5O3. The number of aryl methyl sites for hydroxylation is 1. The lowest BCUT2D eigenvalue weighted by molar-refractivity contribution is -0.123. The summed E-state index contributed by atoms with van der Waals surface area (Å²) in [4.78, 5) is 24.3. The van der Waals surface area contributed by atoms with Crippen LogP contribution in [0.2, 0.25) is 0 Å². The Balaban J connectivity index is 1.68. The lowest BCUT2D eigenvalue weighted by Gasteiger charge is -2.14. The normalized spacial score (nSPS) is 11.6. The molecule has 1 amide bonds. The minimum absolute atomic E-state index is 0.0401. The van der Waals surface area contributed by atoms with Crippen LogP contribution in [0.3, 0.4) is 0 Å². The maximum Gasteiger partial charge on any atom is 0.222 e. The molecule has 0 radical (unpaired) electrons. The second-order valence-corrected chi connectivity index (χ2v) is 8.94. The van der Waals surface area contributed by atoms with E-state index in [0.717, 1.165) is 84.1 Å². The van der Waals surface area contributed by atoms with Crippen LogP contribution in [0.25, 0.3) is 21.9 Å². The van der Waals surface area contributed by atoms with Crippen molar-refractivity contribution >= 4 is 33.7 Å². The third kappa shape index (κ3) is 6.38. The molecular weight excluding hydrogens is 430 g/mol. The Hall–Kier alpha value is -2.87. The highest BCUT2D eigenvalue weighted by atomic mass is 16.5. The summed E-state index contributed by atoms with van der Waals surface area (Å²) in [5, 5.41) is 3.97. The molecule has 0 aliphatic heterocycles. The third-order valence-electron chi connectivity index (χ3n) is 5.83. The van der Waals surface area contributed by atoms with Crippen molar-refractivity contribution in [3.05, 3.63) is 23.5 Å². The monoisotopic (exact) mass is 469 g/mol. The quantitative estimate of drug-likeness (QED) is 0.289. The summed E-state index contributed by atoms with van der Waals surface area (Å²) in [5.74, 6) is 2.24. The van der Waals surface area contributed by atoms with E-state index >= 15 is 0 Å². The van der Waals surface area contributed by atoms with Crippen LogP contribution in [0.5, 0.6) is 5.75 Å². The van der Waals surface area contributed by atoms with Gasteiger partial charge in [-0.15, -0.1) is 0 Å². The molecule has 3 rings (SSSR count). The Morgan fingerprint density at radius 3 is 2.68 bits per heavy atom. The van der Waals surface area contributed by atoms with Gasteiger partial charge in [-0.05, 0) is 38.3 Å². The summed E-state index contributed by atoms with van der Waals surface area (Å²) in [6.07, 6.45) is 5.95. The lowest BCUT2D eigenvalue weighted by atomic mass is 10.0. The molecule has 2 aromatic heterocycles. The number of imidazole rings is 1. The van der Waals surface area contributed by atoms with Gasteiger partial charge < -0.3 is 25.5 Å². The highest BCUT2D eigenvalue weighted by molar-refractivity contribution is 6.08. The molecule has 8 heteroatoms. The van der Waals surface area contributed by atoms with E-state index < -0.39 is 0 Å². The van der Waals surface area contributed by atoms with Gasteiger partial charge in [-0.25, -0.2) is 9.97 Å². The molecule has 0 saturated heterocycles. The summed E-state index contributed by atoms with van der Waals surface area (Å²) in [7, 11) is 0. The van der Waals surface area contributed by atoms with E-state index in [1.54, 1.807) is 0 Å². The van der Waals surface area contributed by atoms with Gasteiger partial charge in [-0.2, -0.15) is 0 Å². The number of amides is 1. The van der Waals surface area contributed by atoms with Crippen molar-refractivity contribution in [3.8, 4) is 5.75 Å². The van der Waals surface area contributed by atoms with Crippen molar-refractivity contribution in [3.63, 3.8) is 0 Å². The predicted octanol–water partition coefficient (Wildman–Crippen LogP) is 4.89. The molecule has 0 unspecified atom stereocenters. The number of carbonyl (C=O) groups is 1. The largest absolute Gasteiger partial charge is 0.493 e. The molecule has 4 N–H and O–H groups in total. The smallest absolute Gasteiger partial charge is 0.222 e. The topological polar surface area (TPSA) is 115 Å². The number of aromatic nitrogens is 3. The van der Waals surface area contributed by atoms with E-state index in [0.29, 0.717) is 25.6 Å². The fourth-order valence-corrected chi connectivity index (χ4v) is 4.03. The average molecular weight is 470 g/mol. The third-order valence-corrected chi connectivity index (χ3v) is 5.83. The standard InChI is InChI=1S/C26H39N5O3/c1-5-11-18-20(34-15-10-8-7-9-14-28-26(32)17(3)4)13-12-19-22(18)23-24(25(27)29-19)31-21(30-23)16-33-6-2/h12-13,17H,5-11,14-16H2,1-4H3,(H2,27,29)(H,28,32)(H,30,31). The van der Waals surface area contributed by atoms with Crippen LogP contribution in [0, 0.1) is 5.92 Å². The average Bonchev–Trinajstić information content (AvgIpc) is 3.25. The van der Waals surface area contributed by atoms with Crippen molar-refractivity contribution in [2.75, 3.05) is 25.5 Å². The van der Waals surface area contributed by atoms with Crippen LogP contribution < -0.4 is 15.8 Å². The zero-order valence-electron chi connectivity index (χ0n) is 21.0. The minimum Gasteiger partial charge on any atom is -0.493 e. The minimum atomic E-state index is 0.0401. The van der Waals surface area contributed by atoms with Crippen molar-refractivity contribution in [2.45, 2.75) is 72.8 Å². The van der Waals surface area contributed by atoms with Gasteiger partial charge in [0.2, 0.25) is 5.91 Å². The molecule has 1 aromatic carbocycles. The Kier molecular flexibility index (Phi) is 9.51. The number of unbranched alkanes of at least 4 members (excludes halogenated alkanes) is 3. The summed E-state index contributed by atoms with van der Waals surface area (Å²) in [5.41, 5.74) is 9.77. The van der Waals surface area contributed by atoms with Crippen LogP contribution in [0.1, 0.15) is 71.2 Å². The van der Waals surface area contributed by atoms with Gasteiger partial charge in [0.15, 0.2) is 0 Å². The summed E-state index contributed by atoms with van der Waals surface area (Å²) in [6.45, 7) is 10.4. The molecule has 0 aliphatic rings. The Morgan fingerprint density at radius 2 is 1.94 bits per heavy atom. The number of nitrogens with one attached hydrogen (secondary N) is 2. The number of aromatic amines is 1. The lowest BCUT2D eigenvalue weighted by Crippen LogP contribution is -2.28. The predicted molar refractivity (Wildman–Crippen MR) is 137 cm³/mol. The Labute approximate surface area is 202 Å². The van der Waals surface area contributed by atoms with Gasteiger partial charge in [0.1, 0.15) is 35.0 Å². The van der Waals surface area contributed by atoms with Gasteiger partial charge in [-0.3, -0.25) is 4.79 Å². The molecule has 3 aromatic rings. The van der Waals surface area contributed by atoms with Gasteiger partial charge >= 0.3 is 0 Å². The van der Waals surface area contributed by atoms with Crippen LogP contribution in [-0.4, -0.2) is 40.6 Å². The van der Waals surface area contributed by atoms with Gasteiger partial charge in [0.05, 0.1) is 12.1 Å². The molecule has 2 heterocycles. The van der Waals surface area contributed by atoms with Crippen molar-refractivity contribution in [1.29, 1.82) is 0 Å². The van der Waals surface area contributed by atoms with Gasteiger partial charge in [0.25, 0.3) is 0 Å². The van der Waals surface area contributed by atoms with E-state index in [2.05, 4.69) is 22.2 Å². The summed E-state index contributed by atoms with van der Waals surface area (Å²) >= 11 is 0. The van der Waals surface area contributed by atoms with Crippen molar-refractivity contribution in [1.82, 2.24) is 20.3 Å². The molecule has 186 valence electrons. The fraction of sp³-hybridized carbons (Fsp3) is 0.577. The number of carbonyl (C=O) groups excluding carboxylic acids is 1. The number of anilines is 1. The maximum absolute atomic E-state index is 11.6. The van der Waals surface area contributed by atoms with E-state index in [4.69, 9.17) is 20.2 Å². The highest BCUT2D eigenvalue weighted by Crippen LogP contribution is 2.35. The van der Waals surface area contributed by atoms with E-state index in [1.165, 1.54) is 0 Å². The zero-order chi connectivity index (χ0) is 24.5. The second kappa shape index (κ2) is 12.6. The first kappa shape index (κ1) is 25.7. The number of hydrogen-bond acceptors (Lipinski definition) is 6. The number of nitrogens with two attached hydrogens (primary N) is 1. The highest BCUT2D eigenvalue weighted by Gasteiger charge is 2.18. The number of H-pyrrole nitrogens is 1. The van der Waals surface area contributed by atoms with Crippen LogP contribution in [0.4, 0.5) is 5.82 Å². The van der Waals surface area contributed by atoms with Crippen LogP contribution >= 0.6 is 0 Å². The van der Waals surface area contributed by atoms with Gasteiger partial charge in [-0.1, -0.05) is 40.0 Å². The first-order valence-electron chi connectivity index (χ1n) is 12.5. The van der Waals surface area contributed by atoms with E-state index in [9.17, 15) is 4.79 Å². The van der Waals surface area contributed by atoms with Crippen LogP contribution in [0.15, 0.2) is 12.1 Å². The van der Waals surface area contributed by atoms with Crippen molar-refractivity contribution in [2.24, 2.45) is 5.92 Å². The molecule has 0 atom stereocenters. The second-order valence-electron chi connectivity index (χ2n) is 8.94. The number of rotatable bonds is 14. The number of fused-ring (bicyclic) bond motifs is 3.